The first-order chi connectivity index (χ1) is 19.9. The average Bonchev–Trinajstić information content (AvgIpc) is 3.26. The van der Waals surface area contributed by atoms with Crippen molar-refractivity contribution in [2.24, 2.45) is 11.3 Å². The lowest BCUT2D eigenvalue weighted by Crippen LogP contribution is -2.52. The Balaban J connectivity index is 1.53. The van der Waals surface area contributed by atoms with Crippen LogP contribution in [0.2, 0.25) is 0 Å². The summed E-state index contributed by atoms with van der Waals surface area (Å²) in [5.74, 6) is -0.367. The number of hydrogen-bond donors (Lipinski definition) is 1. The second kappa shape index (κ2) is 10.1. The highest BCUT2D eigenvalue weighted by Gasteiger charge is 2.57. The van der Waals surface area contributed by atoms with Gasteiger partial charge in [0.15, 0.2) is 5.78 Å². The van der Waals surface area contributed by atoms with Crippen LogP contribution in [0.15, 0.2) is 52.9 Å². The molecule has 2 bridgehead atoms. The molecule has 4 aromatic rings. The maximum absolute atomic E-state index is 15.2. The van der Waals surface area contributed by atoms with Gasteiger partial charge in [-0.2, -0.15) is 13.2 Å². The molecule has 3 aliphatic carbocycles. The first kappa shape index (κ1) is 28.2. The van der Waals surface area contributed by atoms with Crippen molar-refractivity contribution in [1.82, 2.24) is 5.32 Å². The predicted octanol–water partition coefficient (Wildman–Crippen LogP) is 8.75. The highest BCUT2D eigenvalue weighted by Crippen LogP contribution is 2.66. The third kappa shape index (κ3) is 5.01. The van der Waals surface area contributed by atoms with Crippen LogP contribution in [0.5, 0.6) is 0 Å². The number of Topliss-reactive ketones (excluding diaryl/α,β-unsaturated/α-hetero) is 1. The van der Waals surface area contributed by atoms with Crippen LogP contribution in [0.25, 0.3) is 33.4 Å². The summed E-state index contributed by atoms with van der Waals surface area (Å²) in [6, 6.07) is 13.3. The number of halogens is 4. The summed E-state index contributed by atoms with van der Waals surface area (Å²) < 4.78 is 61.5. The Morgan fingerprint density at radius 1 is 1.00 bits per heavy atom. The fourth-order valence-corrected chi connectivity index (χ4v) is 6.66. The van der Waals surface area contributed by atoms with E-state index in [1.165, 1.54) is 25.2 Å². The van der Waals surface area contributed by atoms with Crippen molar-refractivity contribution in [3.63, 3.8) is 0 Å². The maximum atomic E-state index is 15.2. The lowest BCUT2D eigenvalue weighted by molar-refractivity contribution is -0.133. The molecule has 0 unspecified atom stereocenters. The SMILES string of the molecule is CNC(=O)c1c(-c2ccc(C)cc2)oc2cc(CCC(F)(F)F)c(-c3cc(C(=O)CC45CC(C4)C5)c(F)cc3C)cc12. The lowest BCUT2D eigenvalue weighted by Gasteiger charge is -2.62. The van der Waals surface area contributed by atoms with Gasteiger partial charge in [0.2, 0.25) is 0 Å². The van der Waals surface area contributed by atoms with Crippen LogP contribution in [-0.2, 0) is 6.42 Å². The Morgan fingerprint density at radius 3 is 2.29 bits per heavy atom. The van der Waals surface area contributed by atoms with E-state index in [-0.39, 0.29) is 40.7 Å². The number of hydrogen-bond acceptors (Lipinski definition) is 3. The van der Waals surface area contributed by atoms with Crippen molar-refractivity contribution in [3.8, 4) is 22.5 Å². The number of carbonyl (C=O) groups is 2. The summed E-state index contributed by atoms with van der Waals surface area (Å²) in [7, 11) is 1.49. The Labute approximate surface area is 241 Å². The molecule has 8 heteroatoms. The molecule has 3 aliphatic rings. The first-order valence-corrected chi connectivity index (χ1v) is 14.2. The molecule has 1 heterocycles. The Kier molecular flexibility index (Phi) is 6.78. The van der Waals surface area contributed by atoms with E-state index in [1.807, 2.05) is 31.2 Å². The number of ketones is 1. The van der Waals surface area contributed by atoms with Crippen LogP contribution >= 0.6 is 0 Å². The summed E-state index contributed by atoms with van der Waals surface area (Å²) in [5.41, 5.74) is 3.77. The highest BCUT2D eigenvalue weighted by atomic mass is 19.4. The number of carbonyl (C=O) groups excluding carboxylic acids is 2. The lowest BCUT2D eigenvalue weighted by atomic mass is 9.43. The first-order valence-electron chi connectivity index (χ1n) is 14.2. The molecule has 1 amide bonds. The minimum Gasteiger partial charge on any atom is -0.455 e. The summed E-state index contributed by atoms with van der Waals surface area (Å²) in [4.78, 5) is 26.4. The number of benzene rings is 3. The van der Waals surface area contributed by atoms with E-state index >= 15 is 4.39 Å². The molecule has 0 aliphatic heterocycles. The number of amides is 1. The number of rotatable bonds is 8. The zero-order valence-corrected chi connectivity index (χ0v) is 23.7. The van der Waals surface area contributed by atoms with E-state index in [0.29, 0.717) is 44.9 Å². The number of furan rings is 1. The van der Waals surface area contributed by atoms with Crippen LogP contribution in [0.1, 0.15) is 69.5 Å². The quantitative estimate of drug-likeness (QED) is 0.168. The molecule has 7 rings (SSSR count). The van der Waals surface area contributed by atoms with Crippen molar-refractivity contribution in [2.75, 3.05) is 7.05 Å². The molecule has 3 aromatic carbocycles. The van der Waals surface area contributed by atoms with Crippen molar-refractivity contribution in [1.29, 1.82) is 0 Å². The monoisotopic (exact) mass is 577 g/mol. The fourth-order valence-electron chi connectivity index (χ4n) is 6.66. The summed E-state index contributed by atoms with van der Waals surface area (Å²) in [5, 5.41) is 3.06. The zero-order chi connectivity index (χ0) is 30.0. The van der Waals surface area contributed by atoms with Crippen molar-refractivity contribution >= 4 is 22.7 Å². The third-order valence-electron chi connectivity index (χ3n) is 8.96. The topological polar surface area (TPSA) is 59.3 Å². The largest absolute Gasteiger partial charge is 0.455 e. The Bertz CT molecular complexity index is 1720. The molecule has 0 radical (unpaired) electrons. The van der Waals surface area contributed by atoms with Gasteiger partial charge in [-0.25, -0.2) is 4.39 Å². The smallest absolute Gasteiger partial charge is 0.389 e. The molecule has 1 N–H and O–H groups in total. The number of fused-ring (bicyclic) bond motifs is 1. The van der Waals surface area contributed by atoms with Gasteiger partial charge in [0, 0.05) is 30.8 Å². The van der Waals surface area contributed by atoms with Gasteiger partial charge in [-0.3, -0.25) is 9.59 Å². The molecule has 4 nitrogen and oxygen atoms in total. The van der Waals surface area contributed by atoms with Gasteiger partial charge in [-0.05, 0) is 97.4 Å². The second-order valence-electron chi connectivity index (χ2n) is 12.1. The van der Waals surface area contributed by atoms with Crippen LogP contribution in [0.4, 0.5) is 17.6 Å². The molecule has 1 aromatic heterocycles. The number of alkyl halides is 3. The van der Waals surface area contributed by atoms with Crippen LogP contribution < -0.4 is 5.32 Å². The molecule has 42 heavy (non-hydrogen) atoms. The molecule has 3 saturated carbocycles. The van der Waals surface area contributed by atoms with Crippen LogP contribution in [0, 0.1) is 31.0 Å². The molecular weight excluding hydrogens is 546 g/mol. The third-order valence-corrected chi connectivity index (χ3v) is 8.96. The van der Waals surface area contributed by atoms with Crippen LogP contribution in [-0.4, -0.2) is 24.9 Å². The minimum absolute atomic E-state index is 0.0262. The normalized spacial score (nSPS) is 19.4. The van der Waals surface area contributed by atoms with E-state index in [1.54, 1.807) is 13.0 Å². The molecule has 3 fully saturated rings. The van der Waals surface area contributed by atoms with Crippen LogP contribution in [0.3, 0.4) is 0 Å². The maximum Gasteiger partial charge on any atom is 0.389 e. The standard InChI is InChI=1S/C34H31F4NO3/c1-18-4-6-21(7-5-18)31-30(32(41)39-3)26-13-24(22(11-29(26)42-31)8-9-34(36,37)38)23-12-25(27(35)10-19(23)2)28(40)17-33-14-20(15-33)16-33/h4-7,10-13,20H,8-9,14-17H2,1-3H3,(H,39,41). The van der Waals surface area contributed by atoms with Gasteiger partial charge < -0.3 is 9.73 Å². The highest BCUT2D eigenvalue weighted by molar-refractivity contribution is 6.12. The van der Waals surface area contributed by atoms with Crippen molar-refractivity contribution in [3.05, 3.63) is 82.2 Å². The van der Waals surface area contributed by atoms with E-state index in [0.717, 1.165) is 24.8 Å². The van der Waals surface area contributed by atoms with E-state index in [4.69, 9.17) is 4.42 Å². The van der Waals surface area contributed by atoms with Gasteiger partial charge in [0.1, 0.15) is 17.2 Å². The van der Waals surface area contributed by atoms with E-state index in [2.05, 4.69) is 5.32 Å². The van der Waals surface area contributed by atoms with Gasteiger partial charge in [-0.1, -0.05) is 29.8 Å². The average molecular weight is 578 g/mol. The second-order valence-corrected chi connectivity index (χ2v) is 12.1. The Hall–Kier alpha value is -3.94. The van der Waals surface area contributed by atoms with Gasteiger partial charge in [0.25, 0.3) is 5.91 Å². The Morgan fingerprint density at radius 2 is 1.69 bits per heavy atom. The molecule has 218 valence electrons. The summed E-state index contributed by atoms with van der Waals surface area (Å²) in [6.07, 6.45) is -2.59. The fraction of sp³-hybridized carbons (Fsp3) is 0.353. The van der Waals surface area contributed by atoms with Gasteiger partial charge in [0.05, 0.1) is 11.1 Å². The van der Waals surface area contributed by atoms with E-state index < -0.39 is 24.3 Å². The summed E-state index contributed by atoms with van der Waals surface area (Å²) >= 11 is 0. The molecule has 0 saturated heterocycles. The minimum atomic E-state index is -4.41. The van der Waals surface area contributed by atoms with Crippen molar-refractivity contribution in [2.45, 2.75) is 58.5 Å². The number of aryl methyl sites for hydroxylation is 3. The van der Waals surface area contributed by atoms with Gasteiger partial charge >= 0.3 is 6.18 Å². The zero-order valence-electron chi connectivity index (χ0n) is 23.7. The molecule has 0 spiro atoms. The number of nitrogens with one attached hydrogen (secondary N) is 1. The van der Waals surface area contributed by atoms with E-state index in [9.17, 15) is 22.8 Å². The van der Waals surface area contributed by atoms with Gasteiger partial charge in [-0.15, -0.1) is 0 Å². The predicted molar refractivity (Wildman–Crippen MR) is 153 cm³/mol. The molecule has 0 atom stereocenters. The summed E-state index contributed by atoms with van der Waals surface area (Å²) in [6.45, 7) is 3.60. The molecular formula is C34H31F4NO3. The van der Waals surface area contributed by atoms with Crippen molar-refractivity contribution < 1.29 is 31.6 Å².